The first-order valence-corrected chi connectivity index (χ1v) is 5.22. The minimum absolute atomic E-state index is 0.101. The van der Waals surface area contributed by atoms with Crippen molar-refractivity contribution in [3.05, 3.63) is 30.4 Å². The van der Waals surface area contributed by atoms with Gasteiger partial charge in [0, 0.05) is 43.8 Å². The zero-order valence-corrected chi connectivity index (χ0v) is 9.46. The van der Waals surface area contributed by atoms with Crippen molar-refractivity contribution >= 4 is 0 Å². The van der Waals surface area contributed by atoms with Gasteiger partial charge >= 0.3 is 0 Å². The van der Waals surface area contributed by atoms with E-state index >= 15 is 0 Å². The van der Waals surface area contributed by atoms with Gasteiger partial charge in [0.15, 0.2) is 11.6 Å². The molecule has 0 aromatic carbocycles. The summed E-state index contributed by atoms with van der Waals surface area (Å²) in [7, 11) is 1.92. The fourth-order valence-corrected chi connectivity index (χ4v) is 1.53. The van der Waals surface area contributed by atoms with Crippen molar-refractivity contribution in [2.75, 3.05) is 0 Å². The summed E-state index contributed by atoms with van der Waals surface area (Å²) in [5, 5.41) is 0. The standard InChI is InChI=1S/C11H15N5/c1-8(12)7-9-3-4-13-10(15-9)11-14-5-6-16(11)2/h3-6,8H,7,12H2,1-2H3. The second kappa shape index (κ2) is 4.40. The second-order valence-electron chi connectivity index (χ2n) is 3.91. The maximum absolute atomic E-state index is 5.74. The average Bonchev–Trinajstić information content (AvgIpc) is 2.64. The number of imidazole rings is 1. The van der Waals surface area contributed by atoms with Gasteiger partial charge in [-0.25, -0.2) is 15.0 Å². The first-order valence-electron chi connectivity index (χ1n) is 5.22. The molecule has 1 atom stereocenters. The number of hydrogen-bond donors (Lipinski definition) is 1. The third-order valence-electron chi connectivity index (χ3n) is 2.27. The van der Waals surface area contributed by atoms with Crippen LogP contribution in [0.15, 0.2) is 24.7 Å². The highest BCUT2D eigenvalue weighted by Gasteiger charge is 2.08. The lowest BCUT2D eigenvalue weighted by Crippen LogP contribution is -2.18. The Hall–Kier alpha value is -1.75. The first kappa shape index (κ1) is 10.8. The highest BCUT2D eigenvalue weighted by atomic mass is 15.1. The SMILES string of the molecule is CC(N)Cc1ccnc(-c2nccn2C)n1. The molecule has 2 N–H and O–H groups in total. The topological polar surface area (TPSA) is 69.6 Å². The molecule has 2 aromatic rings. The maximum atomic E-state index is 5.74. The molecule has 0 fully saturated rings. The Morgan fingerprint density at radius 3 is 2.81 bits per heavy atom. The molecule has 16 heavy (non-hydrogen) atoms. The average molecular weight is 217 g/mol. The van der Waals surface area contributed by atoms with Crippen LogP contribution in [0.5, 0.6) is 0 Å². The monoisotopic (exact) mass is 217 g/mol. The molecule has 1 unspecified atom stereocenters. The third kappa shape index (κ3) is 2.25. The van der Waals surface area contributed by atoms with Gasteiger partial charge in [0.25, 0.3) is 0 Å². The summed E-state index contributed by atoms with van der Waals surface area (Å²) in [6.45, 7) is 1.96. The highest BCUT2D eigenvalue weighted by molar-refractivity contribution is 5.43. The lowest BCUT2D eigenvalue weighted by Gasteiger charge is -2.05. The van der Waals surface area contributed by atoms with Gasteiger partial charge in [-0.15, -0.1) is 0 Å². The van der Waals surface area contributed by atoms with E-state index in [1.165, 1.54) is 0 Å². The molecule has 84 valence electrons. The lowest BCUT2D eigenvalue weighted by atomic mass is 10.2. The van der Waals surface area contributed by atoms with Gasteiger partial charge in [0.2, 0.25) is 0 Å². The molecule has 5 heteroatoms. The second-order valence-corrected chi connectivity index (χ2v) is 3.91. The number of aryl methyl sites for hydroxylation is 1. The van der Waals surface area contributed by atoms with Gasteiger partial charge in [-0.2, -0.15) is 0 Å². The summed E-state index contributed by atoms with van der Waals surface area (Å²) in [4.78, 5) is 12.9. The fourth-order valence-electron chi connectivity index (χ4n) is 1.53. The van der Waals surface area contributed by atoms with Crippen LogP contribution in [-0.2, 0) is 13.5 Å². The lowest BCUT2D eigenvalue weighted by molar-refractivity contribution is 0.719. The van der Waals surface area contributed by atoms with E-state index in [2.05, 4.69) is 15.0 Å². The van der Waals surface area contributed by atoms with Crippen LogP contribution >= 0.6 is 0 Å². The van der Waals surface area contributed by atoms with Gasteiger partial charge in [-0.05, 0) is 13.0 Å². The van der Waals surface area contributed by atoms with E-state index in [-0.39, 0.29) is 6.04 Å². The normalized spacial score (nSPS) is 12.7. The molecule has 0 saturated carbocycles. The van der Waals surface area contributed by atoms with E-state index in [0.717, 1.165) is 17.9 Å². The van der Waals surface area contributed by atoms with Crippen molar-refractivity contribution in [3.8, 4) is 11.6 Å². The predicted octanol–water partition coefficient (Wildman–Crippen LogP) is 0.767. The molecule has 0 aliphatic carbocycles. The summed E-state index contributed by atoms with van der Waals surface area (Å²) < 4.78 is 1.89. The molecule has 2 heterocycles. The summed E-state index contributed by atoms with van der Waals surface area (Å²) in [6.07, 6.45) is 6.10. The summed E-state index contributed by atoms with van der Waals surface area (Å²) >= 11 is 0. The number of aromatic nitrogens is 4. The molecule has 0 amide bonds. The first-order chi connectivity index (χ1) is 7.66. The smallest absolute Gasteiger partial charge is 0.196 e. The Morgan fingerprint density at radius 2 is 2.19 bits per heavy atom. The van der Waals surface area contributed by atoms with Crippen LogP contribution in [0.4, 0.5) is 0 Å². The van der Waals surface area contributed by atoms with Crippen LogP contribution in [0.3, 0.4) is 0 Å². The minimum Gasteiger partial charge on any atom is -0.331 e. The van der Waals surface area contributed by atoms with Gasteiger partial charge in [-0.1, -0.05) is 0 Å². The van der Waals surface area contributed by atoms with Crippen molar-refractivity contribution < 1.29 is 0 Å². The predicted molar refractivity (Wildman–Crippen MR) is 61.6 cm³/mol. The van der Waals surface area contributed by atoms with Crippen molar-refractivity contribution in [2.45, 2.75) is 19.4 Å². The molecule has 2 aromatic heterocycles. The number of nitrogens with two attached hydrogens (primary N) is 1. The largest absolute Gasteiger partial charge is 0.331 e. The molecule has 0 radical (unpaired) electrons. The number of rotatable bonds is 3. The Kier molecular flexibility index (Phi) is 2.96. The Balaban J connectivity index is 2.33. The van der Waals surface area contributed by atoms with Crippen molar-refractivity contribution in [3.63, 3.8) is 0 Å². The van der Waals surface area contributed by atoms with E-state index in [1.807, 2.05) is 30.8 Å². The number of hydrogen-bond acceptors (Lipinski definition) is 4. The van der Waals surface area contributed by atoms with Crippen LogP contribution in [0.25, 0.3) is 11.6 Å². The zero-order chi connectivity index (χ0) is 11.5. The van der Waals surface area contributed by atoms with Crippen molar-refractivity contribution in [1.82, 2.24) is 19.5 Å². The van der Waals surface area contributed by atoms with Gasteiger partial charge in [0.1, 0.15) is 0 Å². The minimum atomic E-state index is 0.101. The Bertz CT molecular complexity index is 475. The molecule has 0 saturated heterocycles. The van der Waals surface area contributed by atoms with E-state index in [1.54, 1.807) is 12.4 Å². The number of nitrogens with zero attached hydrogens (tertiary/aromatic N) is 4. The van der Waals surface area contributed by atoms with Crippen molar-refractivity contribution in [2.24, 2.45) is 12.8 Å². The maximum Gasteiger partial charge on any atom is 0.196 e. The molecule has 0 aliphatic rings. The van der Waals surface area contributed by atoms with Gasteiger partial charge < -0.3 is 10.3 Å². The summed E-state index contributed by atoms with van der Waals surface area (Å²) in [5.74, 6) is 1.41. The van der Waals surface area contributed by atoms with E-state index in [4.69, 9.17) is 5.73 Å². The Labute approximate surface area is 94.4 Å². The Morgan fingerprint density at radius 1 is 1.38 bits per heavy atom. The zero-order valence-electron chi connectivity index (χ0n) is 9.46. The molecule has 0 spiro atoms. The molecular formula is C11H15N5. The van der Waals surface area contributed by atoms with Gasteiger partial charge in [0.05, 0.1) is 0 Å². The molecule has 0 bridgehead atoms. The van der Waals surface area contributed by atoms with Crippen LogP contribution < -0.4 is 5.73 Å². The van der Waals surface area contributed by atoms with Crippen molar-refractivity contribution in [1.29, 1.82) is 0 Å². The van der Waals surface area contributed by atoms with Crippen LogP contribution in [-0.4, -0.2) is 25.6 Å². The van der Waals surface area contributed by atoms with Crippen LogP contribution in [0.1, 0.15) is 12.6 Å². The molecule has 0 aliphatic heterocycles. The third-order valence-corrected chi connectivity index (χ3v) is 2.27. The molecular weight excluding hydrogens is 202 g/mol. The van der Waals surface area contributed by atoms with E-state index < -0.39 is 0 Å². The van der Waals surface area contributed by atoms with Crippen LogP contribution in [0.2, 0.25) is 0 Å². The molecule has 5 nitrogen and oxygen atoms in total. The van der Waals surface area contributed by atoms with Crippen LogP contribution in [0, 0.1) is 0 Å². The summed E-state index contributed by atoms with van der Waals surface area (Å²) in [5.41, 5.74) is 6.69. The van der Waals surface area contributed by atoms with E-state index in [0.29, 0.717) is 5.82 Å². The quantitative estimate of drug-likeness (QED) is 0.824. The summed E-state index contributed by atoms with van der Waals surface area (Å²) in [6, 6.07) is 1.99. The van der Waals surface area contributed by atoms with E-state index in [9.17, 15) is 0 Å². The van der Waals surface area contributed by atoms with Gasteiger partial charge in [-0.3, -0.25) is 0 Å². The fraction of sp³-hybridized carbons (Fsp3) is 0.364. The highest BCUT2D eigenvalue weighted by Crippen LogP contribution is 2.11. The molecule has 2 rings (SSSR count).